The number of ether oxygens (including phenoxy) is 1. The van der Waals surface area contributed by atoms with Crippen LogP contribution in [0.4, 0.5) is 0 Å². The summed E-state index contributed by atoms with van der Waals surface area (Å²) in [5.41, 5.74) is 2.38. The number of rotatable bonds is 2. The second kappa shape index (κ2) is 3.79. The van der Waals surface area contributed by atoms with Gasteiger partial charge in [0.25, 0.3) is 0 Å². The summed E-state index contributed by atoms with van der Waals surface area (Å²) < 4.78 is 6.60. The molecule has 2 aromatic rings. The van der Waals surface area contributed by atoms with Crippen molar-refractivity contribution in [2.24, 2.45) is 0 Å². The standard InChI is InChI=1S/C11H11ClOS/c1-7-6-14-10-4-8(5-12)3-9(13-2)11(7)10/h3-4,6H,5H2,1-2H3. The highest BCUT2D eigenvalue weighted by Gasteiger charge is 2.08. The summed E-state index contributed by atoms with van der Waals surface area (Å²) in [5.74, 6) is 1.46. The number of hydrogen-bond acceptors (Lipinski definition) is 2. The zero-order valence-corrected chi connectivity index (χ0v) is 9.71. The molecule has 1 aromatic heterocycles. The lowest BCUT2D eigenvalue weighted by Gasteiger charge is -2.05. The Balaban J connectivity index is 2.76. The fraction of sp³-hybridized carbons (Fsp3) is 0.273. The molecule has 0 spiro atoms. The first-order valence-electron chi connectivity index (χ1n) is 4.37. The van der Waals surface area contributed by atoms with Crippen molar-refractivity contribution >= 4 is 33.0 Å². The third-order valence-electron chi connectivity index (χ3n) is 2.26. The molecule has 0 bridgehead atoms. The first-order valence-corrected chi connectivity index (χ1v) is 5.78. The molecule has 0 aliphatic carbocycles. The fourth-order valence-corrected chi connectivity index (χ4v) is 2.75. The molecule has 0 saturated heterocycles. The van der Waals surface area contributed by atoms with E-state index in [4.69, 9.17) is 16.3 Å². The molecule has 1 aromatic carbocycles. The quantitative estimate of drug-likeness (QED) is 0.705. The minimum absolute atomic E-state index is 0.531. The molecule has 0 amide bonds. The normalized spacial score (nSPS) is 10.8. The fourth-order valence-electron chi connectivity index (χ4n) is 1.57. The third kappa shape index (κ3) is 1.49. The van der Waals surface area contributed by atoms with Gasteiger partial charge in [-0.15, -0.1) is 22.9 Å². The van der Waals surface area contributed by atoms with Crippen molar-refractivity contribution in [3.63, 3.8) is 0 Å². The number of methoxy groups -OCH3 is 1. The van der Waals surface area contributed by atoms with Gasteiger partial charge in [0.2, 0.25) is 0 Å². The van der Waals surface area contributed by atoms with Crippen LogP contribution in [0.5, 0.6) is 5.75 Å². The Morgan fingerprint density at radius 2 is 2.21 bits per heavy atom. The van der Waals surface area contributed by atoms with Gasteiger partial charge in [-0.25, -0.2) is 0 Å². The predicted molar refractivity (Wildman–Crippen MR) is 62.7 cm³/mol. The summed E-state index contributed by atoms with van der Waals surface area (Å²) in [4.78, 5) is 0. The Morgan fingerprint density at radius 1 is 1.43 bits per heavy atom. The Labute approximate surface area is 92.3 Å². The van der Waals surface area contributed by atoms with Crippen LogP contribution < -0.4 is 4.74 Å². The van der Waals surface area contributed by atoms with Crippen LogP contribution in [0.25, 0.3) is 10.1 Å². The summed E-state index contributed by atoms with van der Waals surface area (Å²) in [5, 5.41) is 3.36. The average Bonchev–Trinajstić information content (AvgIpc) is 2.59. The molecule has 0 aliphatic heterocycles. The van der Waals surface area contributed by atoms with Crippen molar-refractivity contribution in [1.29, 1.82) is 0 Å². The molecule has 1 heterocycles. The number of thiophene rings is 1. The smallest absolute Gasteiger partial charge is 0.128 e. The van der Waals surface area contributed by atoms with Crippen LogP contribution in [-0.4, -0.2) is 7.11 Å². The van der Waals surface area contributed by atoms with Crippen molar-refractivity contribution < 1.29 is 4.74 Å². The Morgan fingerprint density at radius 3 is 2.86 bits per heavy atom. The number of hydrogen-bond donors (Lipinski definition) is 0. The number of alkyl halides is 1. The monoisotopic (exact) mass is 226 g/mol. The lowest BCUT2D eigenvalue weighted by atomic mass is 10.1. The van der Waals surface area contributed by atoms with E-state index in [1.54, 1.807) is 18.4 Å². The van der Waals surface area contributed by atoms with E-state index >= 15 is 0 Å². The Kier molecular flexibility index (Phi) is 2.66. The van der Waals surface area contributed by atoms with Gasteiger partial charge in [0.1, 0.15) is 5.75 Å². The number of fused-ring (bicyclic) bond motifs is 1. The van der Waals surface area contributed by atoms with Crippen molar-refractivity contribution in [1.82, 2.24) is 0 Å². The molecule has 0 fully saturated rings. The van der Waals surface area contributed by atoms with E-state index in [0.29, 0.717) is 5.88 Å². The maximum atomic E-state index is 5.81. The van der Waals surface area contributed by atoms with E-state index in [1.165, 1.54) is 15.6 Å². The first kappa shape index (κ1) is 9.81. The highest BCUT2D eigenvalue weighted by molar-refractivity contribution is 7.17. The Hall–Kier alpha value is -0.730. The number of halogens is 1. The zero-order valence-electron chi connectivity index (χ0n) is 8.13. The first-order chi connectivity index (χ1) is 6.76. The van der Waals surface area contributed by atoms with E-state index in [0.717, 1.165) is 11.3 Å². The molecule has 0 aliphatic rings. The van der Waals surface area contributed by atoms with Gasteiger partial charge in [-0.3, -0.25) is 0 Å². The maximum Gasteiger partial charge on any atom is 0.128 e. The second-order valence-electron chi connectivity index (χ2n) is 3.22. The average molecular weight is 227 g/mol. The van der Waals surface area contributed by atoms with E-state index in [2.05, 4.69) is 18.4 Å². The molecule has 3 heteroatoms. The van der Waals surface area contributed by atoms with Gasteiger partial charge in [-0.2, -0.15) is 0 Å². The lowest BCUT2D eigenvalue weighted by Crippen LogP contribution is -1.86. The molecular weight excluding hydrogens is 216 g/mol. The molecule has 1 nitrogen and oxygen atoms in total. The van der Waals surface area contributed by atoms with Gasteiger partial charge in [0, 0.05) is 16.0 Å². The highest BCUT2D eigenvalue weighted by atomic mass is 35.5. The summed E-state index contributed by atoms with van der Waals surface area (Å²) in [6, 6.07) is 4.14. The van der Waals surface area contributed by atoms with E-state index in [9.17, 15) is 0 Å². The van der Waals surface area contributed by atoms with Crippen LogP contribution in [-0.2, 0) is 5.88 Å². The van der Waals surface area contributed by atoms with Crippen molar-refractivity contribution in [3.8, 4) is 5.75 Å². The highest BCUT2D eigenvalue weighted by Crippen LogP contribution is 2.34. The molecule has 74 valence electrons. The van der Waals surface area contributed by atoms with Gasteiger partial charge < -0.3 is 4.74 Å². The van der Waals surface area contributed by atoms with Gasteiger partial charge in [0.15, 0.2) is 0 Å². The molecule has 0 N–H and O–H groups in total. The van der Waals surface area contributed by atoms with Crippen LogP contribution in [0.15, 0.2) is 17.5 Å². The topological polar surface area (TPSA) is 9.23 Å². The minimum Gasteiger partial charge on any atom is -0.496 e. The van der Waals surface area contributed by atoms with Gasteiger partial charge >= 0.3 is 0 Å². The summed E-state index contributed by atoms with van der Waals surface area (Å²) in [6.07, 6.45) is 0. The van der Waals surface area contributed by atoms with Crippen LogP contribution in [0.2, 0.25) is 0 Å². The number of benzene rings is 1. The molecule has 0 radical (unpaired) electrons. The third-order valence-corrected chi connectivity index (χ3v) is 3.61. The predicted octanol–water partition coefficient (Wildman–Crippen LogP) is 3.96. The van der Waals surface area contributed by atoms with Crippen LogP contribution in [0.3, 0.4) is 0 Å². The summed E-state index contributed by atoms with van der Waals surface area (Å²) >= 11 is 7.55. The maximum absolute atomic E-state index is 5.81. The van der Waals surface area contributed by atoms with Gasteiger partial charge in [-0.05, 0) is 35.6 Å². The Bertz CT molecular complexity index is 462. The molecule has 0 atom stereocenters. The molecule has 0 saturated carbocycles. The van der Waals surface area contributed by atoms with Crippen molar-refractivity contribution in [2.75, 3.05) is 7.11 Å². The van der Waals surface area contributed by atoms with Crippen LogP contribution >= 0.6 is 22.9 Å². The number of aryl methyl sites for hydroxylation is 1. The van der Waals surface area contributed by atoms with E-state index in [-0.39, 0.29) is 0 Å². The summed E-state index contributed by atoms with van der Waals surface area (Å²) in [6.45, 7) is 2.10. The van der Waals surface area contributed by atoms with Crippen LogP contribution in [0.1, 0.15) is 11.1 Å². The molecule has 2 rings (SSSR count). The minimum atomic E-state index is 0.531. The van der Waals surface area contributed by atoms with E-state index in [1.807, 2.05) is 6.07 Å². The lowest BCUT2D eigenvalue weighted by molar-refractivity contribution is 0.419. The van der Waals surface area contributed by atoms with Gasteiger partial charge in [-0.1, -0.05) is 0 Å². The summed E-state index contributed by atoms with van der Waals surface area (Å²) in [7, 11) is 1.70. The SMILES string of the molecule is COc1cc(CCl)cc2scc(C)c12. The molecule has 14 heavy (non-hydrogen) atoms. The van der Waals surface area contributed by atoms with Gasteiger partial charge in [0.05, 0.1) is 7.11 Å². The van der Waals surface area contributed by atoms with Crippen LogP contribution in [0, 0.1) is 6.92 Å². The molecule has 0 unspecified atom stereocenters. The second-order valence-corrected chi connectivity index (χ2v) is 4.40. The van der Waals surface area contributed by atoms with E-state index < -0.39 is 0 Å². The largest absolute Gasteiger partial charge is 0.496 e. The van der Waals surface area contributed by atoms with Crippen molar-refractivity contribution in [3.05, 3.63) is 28.6 Å². The van der Waals surface area contributed by atoms with Crippen molar-refractivity contribution in [2.45, 2.75) is 12.8 Å². The molecular formula is C11H11ClOS. The zero-order chi connectivity index (χ0) is 10.1.